The average Bonchev–Trinajstić information content (AvgIpc) is 2.96. The highest BCUT2D eigenvalue weighted by Gasteiger charge is 2.31. The van der Waals surface area contributed by atoms with E-state index >= 15 is 0 Å². The number of rotatable bonds is 4. The molecule has 1 unspecified atom stereocenters. The number of hydrogen-bond donors (Lipinski definition) is 1. The second kappa shape index (κ2) is 5.48. The molecule has 1 aliphatic carbocycles. The number of nitrogens with one attached hydrogen (secondary N) is 1. The summed E-state index contributed by atoms with van der Waals surface area (Å²) in [6, 6.07) is 0.478. The second-order valence-corrected chi connectivity index (χ2v) is 4.91. The van der Waals surface area contributed by atoms with Gasteiger partial charge in [-0.3, -0.25) is 4.79 Å². The van der Waals surface area contributed by atoms with Crippen LogP contribution in [0.15, 0.2) is 12.7 Å². The van der Waals surface area contributed by atoms with Gasteiger partial charge < -0.3 is 10.2 Å². The first-order valence-corrected chi connectivity index (χ1v) is 6.45. The normalized spacial score (nSPS) is 25.9. The SMILES string of the molecule is C=CCN(C(=O)C1CCNC1)C1CCCC1. The monoisotopic (exact) mass is 222 g/mol. The molecular weight excluding hydrogens is 200 g/mol. The summed E-state index contributed by atoms with van der Waals surface area (Å²) in [5, 5.41) is 3.27. The minimum Gasteiger partial charge on any atom is -0.336 e. The molecule has 1 N–H and O–H groups in total. The Morgan fingerprint density at radius 2 is 2.12 bits per heavy atom. The van der Waals surface area contributed by atoms with Gasteiger partial charge in [0.1, 0.15) is 0 Å². The van der Waals surface area contributed by atoms with Gasteiger partial charge >= 0.3 is 0 Å². The lowest BCUT2D eigenvalue weighted by atomic mass is 10.1. The standard InChI is InChI=1S/C13H22N2O/c1-2-9-15(12-5-3-4-6-12)13(16)11-7-8-14-10-11/h2,11-12,14H,1,3-10H2. The molecule has 0 bridgehead atoms. The highest BCUT2D eigenvalue weighted by atomic mass is 16.2. The zero-order chi connectivity index (χ0) is 11.4. The molecule has 2 aliphatic rings. The highest BCUT2D eigenvalue weighted by Crippen LogP contribution is 2.25. The van der Waals surface area contributed by atoms with Gasteiger partial charge in [0.05, 0.1) is 5.92 Å². The highest BCUT2D eigenvalue weighted by molar-refractivity contribution is 5.80. The molecule has 1 heterocycles. The predicted molar refractivity (Wildman–Crippen MR) is 65.1 cm³/mol. The van der Waals surface area contributed by atoms with Crippen molar-refractivity contribution in [3.8, 4) is 0 Å². The third-order valence-electron chi connectivity index (χ3n) is 3.78. The zero-order valence-corrected chi connectivity index (χ0v) is 9.95. The lowest BCUT2D eigenvalue weighted by Gasteiger charge is -2.30. The lowest BCUT2D eigenvalue weighted by molar-refractivity contribution is -0.136. The van der Waals surface area contributed by atoms with Crippen LogP contribution in [0.25, 0.3) is 0 Å². The zero-order valence-electron chi connectivity index (χ0n) is 9.95. The predicted octanol–water partition coefficient (Wildman–Crippen LogP) is 1.55. The molecule has 90 valence electrons. The van der Waals surface area contributed by atoms with E-state index in [4.69, 9.17) is 0 Å². The van der Waals surface area contributed by atoms with E-state index in [1.165, 1.54) is 25.7 Å². The molecule has 1 saturated heterocycles. The molecule has 0 aromatic carbocycles. The van der Waals surface area contributed by atoms with Gasteiger partial charge in [0.2, 0.25) is 5.91 Å². The van der Waals surface area contributed by atoms with E-state index in [9.17, 15) is 4.79 Å². The maximum absolute atomic E-state index is 12.4. The summed E-state index contributed by atoms with van der Waals surface area (Å²) in [7, 11) is 0. The van der Waals surface area contributed by atoms with E-state index in [0.29, 0.717) is 11.9 Å². The van der Waals surface area contributed by atoms with Gasteiger partial charge in [-0.05, 0) is 25.8 Å². The summed E-state index contributed by atoms with van der Waals surface area (Å²) >= 11 is 0. The van der Waals surface area contributed by atoms with E-state index in [0.717, 1.165) is 26.1 Å². The molecule has 16 heavy (non-hydrogen) atoms. The summed E-state index contributed by atoms with van der Waals surface area (Å²) in [5.74, 6) is 0.553. The number of nitrogens with zero attached hydrogens (tertiary/aromatic N) is 1. The molecule has 1 aliphatic heterocycles. The Bertz CT molecular complexity index is 253. The summed E-state index contributed by atoms with van der Waals surface area (Å²) in [6.07, 6.45) is 7.76. The average molecular weight is 222 g/mol. The van der Waals surface area contributed by atoms with E-state index in [1.807, 2.05) is 6.08 Å². The Morgan fingerprint density at radius 3 is 2.69 bits per heavy atom. The van der Waals surface area contributed by atoms with Crippen molar-refractivity contribution in [2.45, 2.75) is 38.1 Å². The fourth-order valence-electron chi connectivity index (χ4n) is 2.87. The largest absolute Gasteiger partial charge is 0.336 e. The Kier molecular flexibility index (Phi) is 3.99. The van der Waals surface area contributed by atoms with Gasteiger partial charge in [0.25, 0.3) is 0 Å². The molecule has 1 atom stereocenters. The molecule has 0 aromatic heterocycles. The van der Waals surface area contributed by atoms with Crippen molar-refractivity contribution in [1.82, 2.24) is 10.2 Å². The first-order chi connectivity index (χ1) is 7.83. The third-order valence-corrected chi connectivity index (χ3v) is 3.78. The topological polar surface area (TPSA) is 32.3 Å². The van der Waals surface area contributed by atoms with Crippen LogP contribution in [-0.2, 0) is 4.79 Å². The number of hydrogen-bond acceptors (Lipinski definition) is 2. The minimum atomic E-state index is 0.209. The van der Waals surface area contributed by atoms with Crippen LogP contribution in [0.3, 0.4) is 0 Å². The van der Waals surface area contributed by atoms with E-state index in [1.54, 1.807) is 0 Å². The number of carbonyl (C=O) groups is 1. The van der Waals surface area contributed by atoms with Gasteiger partial charge in [-0.2, -0.15) is 0 Å². The van der Waals surface area contributed by atoms with Crippen molar-refractivity contribution in [3.63, 3.8) is 0 Å². The maximum atomic E-state index is 12.4. The second-order valence-electron chi connectivity index (χ2n) is 4.91. The fraction of sp³-hybridized carbons (Fsp3) is 0.769. The lowest BCUT2D eigenvalue weighted by Crippen LogP contribution is -2.43. The Morgan fingerprint density at radius 1 is 1.38 bits per heavy atom. The maximum Gasteiger partial charge on any atom is 0.227 e. The first kappa shape index (κ1) is 11.6. The summed E-state index contributed by atoms with van der Waals surface area (Å²) < 4.78 is 0. The van der Waals surface area contributed by atoms with Gasteiger partial charge in [-0.1, -0.05) is 18.9 Å². The molecule has 0 radical (unpaired) electrons. The van der Waals surface area contributed by atoms with Crippen molar-refractivity contribution >= 4 is 5.91 Å². The molecular formula is C13H22N2O. The van der Waals surface area contributed by atoms with Gasteiger partial charge in [-0.25, -0.2) is 0 Å². The fourth-order valence-corrected chi connectivity index (χ4v) is 2.87. The van der Waals surface area contributed by atoms with Gasteiger partial charge in [0, 0.05) is 19.1 Å². The van der Waals surface area contributed by atoms with Crippen LogP contribution in [-0.4, -0.2) is 36.5 Å². The number of amides is 1. The summed E-state index contributed by atoms with van der Waals surface area (Å²) in [5.41, 5.74) is 0. The van der Waals surface area contributed by atoms with Crippen LogP contribution >= 0.6 is 0 Å². The van der Waals surface area contributed by atoms with Crippen molar-refractivity contribution in [1.29, 1.82) is 0 Å². The molecule has 0 spiro atoms. The van der Waals surface area contributed by atoms with Crippen LogP contribution in [0, 0.1) is 5.92 Å². The summed E-state index contributed by atoms with van der Waals surface area (Å²) in [4.78, 5) is 14.4. The molecule has 3 heteroatoms. The minimum absolute atomic E-state index is 0.209. The molecule has 3 nitrogen and oxygen atoms in total. The van der Waals surface area contributed by atoms with E-state index in [2.05, 4.69) is 16.8 Å². The molecule has 2 rings (SSSR count). The van der Waals surface area contributed by atoms with Crippen LogP contribution in [0.2, 0.25) is 0 Å². The molecule has 1 saturated carbocycles. The van der Waals surface area contributed by atoms with Gasteiger partial charge in [0.15, 0.2) is 0 Å². The molecule has 0 aromatic rings. The van der Waals surface area contributed by atoms with E-state index in [-0.39, 0.29) is 5.92 Å². The Hall–Kier alpha value is -0.830. The van der Waals surface area contributed by atoms with Crippen molar-refractivity contribution in [2.24, 2.45) is 5.92 Å². The van der Waals surface area contributed by atoms with Crippen molar-refractivity contribution < 1.29 is 4.79 Å². The van der Waals surface area contributed by atoms with Crippen LogP contribution in [0.1, 0.15) is 32.1 Å². The molecule has 1 amide bonds. The Labute approximate surface area is 97.9 Å². The third kappa shape index (κ3) is 2.46. The Balaban J connectivity index is 1.99. The van der Waals surface area contributed by atoms with Crippen molar-refractivity contribution in [2.75, 3.05) is 19.6 Å². The van der Waals surface area contributed by atoms with Crippen LogP contribution < -0.4 is 5.32 Å². The number of carbonyl (C=O) groups excluding carboxylic acids is 1. The molecule has 2 fully saturated rings. The van der Waals surface area contributed by atoms with E-state index < -0.39 is 0 Å². The van der Waals surface area contributed by atoms with Crippen molar-refractivity contribution in [3.05, 3.63) is 12.7 Å². The van der Waals surface area contributed by atoms with Gasteiger partial charge in [-0.15, -0.1) is 6.58 Å². The van der Waals surface area contributed by atoms with Crippen LogP contribution in [0.5, 0.6) is 0 Å². The summed E-state index contributed by atoms with van der Waals surface area (Å²) in [6.45, 7) is 6.34. The smallest absolute Gasteiger partial charge is 0.227 e. The van der Waals surface area contributed by atoms with Crippen LogP contribution in [0.4, 0.5) is 0 Å². The quantitative estimate of drug-likeness (QED) is 0.732. The first-order valence-electron chi connectivity index (χ1n) is 6.45.